The van der Waals surface area contributed by atoms with Gasteiger partial charge in [0, 0.05) is 46.8 Å². The number of pyridine rings is 1. The minimum Gasteiger partial charge on any atom is -0.755 e. The zero-order chi connectivity index (χ0) is 24.0. The number of halogens is 4. The molecule has 0 saturated carbocycles. The van der Waals surface area contributed by atoms with Gasteiger partial charge in [-0.2, -0.15) is 13.2 Å². The Morgan fingerprint density at radius 3 is 2.36 bits per heavy atom. The third-order valence-corrected chi connectivity index (χ3v) is 5.83. The topological polar surface area (TPSA) is 85.4 Å². The van der Waals surface area contributed by atoms with Gasteiger partial charge in [-0.15, -0.1) is 0 Å². The van der Waals surface area contributed by atoms with Crippen LogP contribution in [0.3, 0.4) is 0 Å². The third-order valence-electron chi connectivity index (χ3n) is 4.71. The molecule has 0 saturated heterocycles. The van der Waals surface area contributed by atoms with Gasteiger partial charge >= 0.3 is 6.18 Å². The first-order valence-corrected chi connectivity index (χ1v) is 11.1. The summed E-state index contributed by atoms with van der Waals surface area (Å²) in [7, 11) is 0. The minimum absolute atomic E-state index is 0.0136. The lowest BCUT2D eigenvalue weighted by atomic mass is 10.1. The van der Waals surface area contributed by atoms with Gasteiger partial charge in [0.1, 0.15) is 5.69 Å². The lowest BCUT2D eigenvalue weighted by Crippen LogP contribution is -2.28. The molecular formula is C22H18ClF3N3O3S-. The first kappa shape index (κ1) is 24.7. The van der Waals surface area contributed by atoms with Gasteiger partial charge in [0.15, 0.2) is 0 Å². The molecule has 1 amide bonds. The molecule has 1 unspecified atom stereocenters. The molecule has 33 heavy (non-hydrogen) atoms. The second-order valence-electron chi connectivity index (χ2n) is 6.94. The minimum atomic E-state index is -4.53. The second-order valence-corrected chi connectivity index (χ2v) is 8.22. The number of hydrogen-bond donors (Lipinski definition) is 1. The second kappa shape index (κ2) is 10.8. The molecule has 0 spiro atoms. The lowest BCUT2D eigenvalue weighted by Gasteiger charge is -2.26. The molecule has 0 bridgehead atoms. The van der Waals surface area contributed by atoms with E-state index in [0.29, 0.717) is 22.7 Å². The number of nitrogens with zero attached hydrogens (tertiary/aromatic N) is 2. The van der Waals surface area contributed by atoms with Crippen LogP contribution in [0.5, 0.6) is 0 Å². The molecule has 3 aromatic rings. The van der Waals surface area contributed by atoms with E-state index in [1.54, 1.807) is 12.1 Å². The maximum Gasteiger partial charge on any atom is 0.433 e. The SMILES string of the molecule is O=C(NCc1ccc(C(F)(F)F)nc1)c1ccc(N(CCc2ccccc2Cl)S(=O)[O-])cc1. The summed E-state index contributed by atoms with van der Waals surface area (Å²) in [6, 6.07) is 15.1. The van der Waals surface area contributed by atoms with E-state index in [0.717, 1.165) is 22.1 Å². The Bertz CT molecular complexity index is 1130. The van der Waals surface area contributed by atoms with E-state index in [1.807, 2.05) is 12.1 Å². The van der Waals surface area contributed by atoms with Gasteiger partial charge in [-0.3, -0.25) is 14.0 Å². The van der Waals surface area contributed by atoms with Crippen molar-refractivity contribution in [2.24, 2.45) is 0 Å². The fourth-order valence-electron chi connectivity index (χ4n) is 2.97. The number of benzene rings is 2. The van der Waals surface area contributed by atoms with Crippen LogP contribution in [0.2, 0.25) is 5.02 Å². The van der Waals surface area contributed by atoms with Crippen molar-refractivity contribution in [2.45, 2.75) is 19.1 Å². The van der Waals surface area contributed by atoms with E-state index in [1.165, 1.54) is 30.3 Å². The van der Waals surface area contributed by atoms with Gasteiger partial charge in [-0.05, 0) is 53.9 Å². The van der Waals surface area contributed by atoms with E-state index >= 15 is 0 Å². The Morgan fingerprint density at radius 1 is 1.09 bits per heavy atom. The number of carbonyl (C=O) groups excluding carboxylic acids is 1. The maximum absolute atomic E-state index is 12.6. The number of anilines is 1. The molecule has 0 aliphatic heterocycles. The Hall–Kier alpha value is -2.95. The molecule has 1 aromatic heterocycles. The first-order valence-electron chi connectivity index (χ1n) is 9.66. The standard InChI is InChI=1S/C22H19ClF3N3O3S/c23-19-4-2-1-3-16(19)11-12-29(33(31)32)18-8-6-17(7-9-18)21(30)28-14-15-5-10-20(27-13-15)22(24,25)26/h1-10,13H,11-12,14H2,(H,28,30)(H,31,32)/p-1. The number of carbonyl (C=O) groups is 1. The van der Waals surface area contributed by atoms with Gasteiger partial charge < -0.3 is 14.2 Å². The molecule has 11 heteroatoms. The molecule has 0 aliphatic rings. The highest BCUT2D eigenvalue weighted by Gasteiger charge is 2.32. The summed E-state index contributed by atoms with van der Waals surface area (Å²) >= 11 is 3.58. The highest BCUT2D eigenvalue weighted by atomic mass is 35.5. The van der Waals surface area contributed by atoms with E-state index in [4.69, 9.17) is 11.6 Å². The Balaban J connectivity index is 1.61. The summed E-state index contributed by atoms with van der Waals surface area (Å²) in [5.41, 5.74) is 0.840. The van der Waals surface area contributed by atoms with E-state index in [2.05, 4.69) is 10.3 Å². The Kier molecular flexibility index (Phi) is 8.06. The Labute approximate surface area is 195 Å². The highest BCUT2D eigenvalue weighted by molar-refractivity contribution is 7.80. The van der Waals surface area contributed by atoms with Crippen LogP contribution >= 0.6 is 11.6 Å². The smallest absolute Gasteiger partial charge is 0.433 e. The fraction of sp³-hybridized carbons (Fsp3) is 0.182. The summed E-state index contributed by atoms with van der Waals surface area (Å²) in [6.45, 7) is 0.145. The number of amides is 1. The molecule has 0 radical (unpaired) electrons. The summed E-state index contributed by atoms with van der Waals surface area (Å²) in [4.78, 5) is 15.7. The van der Waals surface area contributed by atoms with Crippen LogP contribution in [0.25, 0.3) is 0 Å². The van der Waals surface area contributed by atoms with Crippen molar-refractivity contribution < 1.29 is 26.7 Å². The van der Waals surface area contributed by atoms with Gasteiger partial charge in [-0.25, -0.2) is 0 Å². The van der Waals surface area contributed by atoms with Crippen molar-refractivity contribution in [1.29, 1.82) is 0 Å². The average molecular weight is 497 g/mol. The fourth-order valence-corrected chi connectivity index (χ4v) is 3.74. The normalized spacial score (nSPS) is 12.3. The number of aromatic nitrogens is 1. The molecule has 6 nitrogen and oxygen atoms in total. The van der Waals surface area contributed by atoms with Crippen LogP contribution in [0.15, 0.2) is 66.9 Å². The van der Waals surface area contributed by atoms with Crippen LogP contribution in [0, 0.1) is 0 Å². The quantitative estimate of drug-likeness (QED) is 0.464. The van der Waals surface area contributed by atoms with Gasteiger partial charge in [0.2, 0.25) is 0 Å². The summed E-state index contributed by atoms with van der Waals surface area (Å²) in [5.74, 6) is -0.465. The maximum atomic E-state index is 12.6. The van der Waals surface area contributed by atoms with Crippen molar-refractivity contribution in [3.8, 4) is 0 Å². The molecule has 0 fully saturated rings. The monoisotopic (exact) mass is 496 g/mol. The van der Waals surface area contributed by atoms with Gasteiger partial charge in [-0.1, -0.05) is 35.9 Å². The number of alkyl halides is 3. The van der Waals surface area contributed by atoms with Crippen LogP contribution < -0.4 is 9.62 Å². The van der Waals surface area contributed by atoms with Gasteiger partial charge in [0.25, 0.3) is 5.91 Å². The summed E-state index contributed by atoms with van der Waals surface area (Å²) in [5, 5.41) is 3.13. The lowest BCUT2D eigenvalue weighted by molar-refractivity contribution is -0.141. The Morgan fingerprint density at radius 2 is 1.79 bits per heavy atom. The van der Waals surface area contributed by atoms with Crippen molar-refractivity contribution in [3.63, 3.8) is 0 Å². The summed E-state index contributed by atoms with van der Waals surface area (Å²) in [6.07, 6.45) is -3.08. The number of rotatable bonds is 8. The number of hydrogen-bond acceptors (Lipinski definition) is 4. The summed E-state index contributed by atoms with van der Waals surface area (Å²) < 4.78 is 62.3. The molecule has 174 valence electrons. The molecule has 2 aromatic carbocycles. The van der Waals surface area contributed by atoms with E-state index < -0.39 is 29.0 Å². The van der Waals surface area contributed by atoms with Crippen LogP contribution in [0.1, 0.15) is 27.2 Å². The van der Waals surface area contributed by atoms with Crippen LogP contribution in [0.4, 0.5) is 18.9 Å². The molecule has 1 N–H and O–H groups in total. The third kappa shape index (κ3) is 6.77. The highest BCUT2D eigenvalue weighted by Crippen LogP contribution is 2.27. The van der Waals surface area contributed by atoms with Crippen LogP contribution in [-0.4, -0.2) is 26.2 Å². The predicted octanol–water partition coefficient (Wildman–Crippen LogP) is 4.53. The number of nitrogens with one attached hydrogen (secondary N) is 1. The molecule has 1 heterocycles. The predicted molar refractivity (Wildman–Crippen MR) is 118 cm³/mol. The van der Waals surface area contributed by atoms with Gasteiger partial charge in [0.05, 0.1) is 0 Å². The molecule has 3 rings (SSSR count). The first-order chi connectivity index (χ1) is 15.6. The van der Waals surface area contributed by atoms with E-state index in [9.17, 15) is 26.7 Å². The largest absolute Gasteiger partial charge is 0.755 e. The zero-order valence-electron chi connectivity index (χ0n) is 17.0. The van der Waals surface area contributed by atoms with Crippen molar-refractivity contribution in [3.05, 3.63) is 94.3 Å². The van der Waals surface area contributed by atoms with E-state index in [-0.39, 0.29) is 18.7 Å². The van der Waals surface area contributed by atoms with Crippen molar-refractivity contribution >= 4 is 34.5 Å². The average Bonchev–Trinajstić information content (AvgIpc) is 2.78. The van der Waals surface area contributed by atoms with Crippen molar-refractivity contribution in [1.82, 2.24) is 10.3 Å². The van der Waals surface area contributed by atoms with Crippen LogP contribution in [-0.2, 0) is 30.4 Å². The van der Waals surface area contributed by atoms with Crippen molar-refractivity contribution in [2.75, 3.05) is 10.8 Å². The molecule has 1 atom stereocenters. The molecule has 0 aliphatic carbocycles. The molecular weight excluding hydrogens is 479 g/mol. The zero-order valence-corrected chi connectivity index (χ0v) is 18.6.